The molecule has 0 aliphatic heterocycles. The average Bonchev–Trinajstić information content (AvgIpc) is 2.78. The van der Waals surface area contributed by atoms with Crippen molar-refractivity contribution in [1.82, 2.24) is 10.1 Å². The van der Waals surface area contributed by atoms with E-state index in [1.807, 2.05) is 38.1 Å². The molecule has 1 aromatic carbocycles. The van der Waals surface area contributed by atoms with E-state index < -0.39 is 6.10 Å². The Balaban J connectivity index is 2.15. The van der Waals surface area contributed by atoms with Crippen molar-refractivity contribution in [3.8, 4) is 11.4 Å². The van der Waals surface area contributed by atoms with Gasteiger partial charge in [0.1, 0.15) is 0 Å². The molecule has 2 aromatic rings. The van der Waals surface area contributed by atoms with Gasteiger partial charge in [0.25, 0.3) is 0 Å². The summed E-state index contributed by atoms with van der Waals surface area (Å²) in [6.07, 6.45) is 0.679. The second-order valence-electron chi connectivity index (χ2n) is 4.14. The standard InChI is InChI=1S/C13H16N2O2/c1-3-11(16)8-12-14-13(15-17-12)10-6-4-9(2)5-7-10/h4-7,11,16H,3,8H2,1-2H3. The highest BCUT2D eigenvalue weighted by molar-refractivity contribution is 5.54. The van der Waals surface area contributed by atoms with Gasteiger partial charge < -0.3 is 9.63 Å². The van der Waals surface area contributed by atoms with Gasteiger partial charge in [-0.2, -0.15) is 4.98 Å². The van der Waals surface area contributed by atoms with Crippen molar-refractivity contribution in [3.63, 3.8) is 0 Å². The molecule has 0 bridgehead atoms. The lowest BCUT2D eigenvalue weighted by Gasteiger charge is -2.01. The Labute approximate surface area is 100 Å². The minimum absolute atomic E-state index is 0.412. The van der Waals surface area contributed by atoms with Crippen LogP contribution in [0.1, 0.15) is 24.8 Å². The SMILES string of the molecule is CCC(O)Cc1nc(-c2ccc(C)cc2)no1. The lowest BCUT2D eigenvalue weighted by atomic mass is 10.1. The molecule has 0 saturated carbocycles. The molecule has 90 valence electrons. The zero-order chi connectivity index (χ0) is 12.3. The molecule has 0 aliphatic rings. The molecule has 0 fully saturated rings. The molecule has 1 aromatic heterocycles. The highest BCUT2D eigenvalue weighted by Gasteiger charge is 2.11. The molecule has 1 atom stereocenters. The number of aryl methyl sites for hydroxylation is 1. The van der Waals surface area contributed by atoms with E-state index in [2.05, 4.69) is 10.1 Å². The number of aliphatic hydroxyl groups excluding tert-OH is 1. The first-order valence-corrected chi connectivity index (χ1v) is 5.76. The van der Waals surface area contributed by atoms with Gasteiger partial charge >= 0.3 is 0 Å². The third kappa shape index (κ3) is 2.91. The summed E-state index contributed by atoms with van der Waals surface area (Å²) in [5.41, 5.74) is 2.12. The van der Waals surface area contributed by atoms with Gasteiger partial charge in [-0.25, -0.2) is 0 Å². The predicted octanol–water partition coefficient (Wildman–Crippen LogP) is 2.36. The maximum Gasteiger partial charge on any atom is 0.229 e. The van der Waals surface area contributed by atoms with Crippen LogP contribution in [0, 0.1) is 6.92 Å². The number of hydrogen-bond donors (Lipinski definition) is 1. The molecular formula is C13H16N2O2. The third-order valence-electron chi connectivity index (χ3n) is 2.66. The predicted molar refractivity (Wildman–Crippen MR) is 64.5 cm³/mol. The Morgan fingerprint density at radius 1 is 1.29 bits per heavy atom. The Morgan fingerprint density at radius 2 is 2.00 bits per heavy atom. The fourth-order valence-corrected chi connectivity index (χ4v) is 1.50. The molecule has 1 heterocycles. The second kappa shape index (κ2) is 5.10. The number of aromatic nitrogens is 2. The maximum absolute atomic E-state index is 9.50. The normalized spacial score (nSPS) is 12.6. The summed E-state index contributed by atoms with van der Waals surface area (Å²) < 4.78 is 5.10. The van der Waals surface area contributed by atoms with Crippen LogP contribution in [0.3, 0.4) is 0 Å². The Morgan fingerprint density at radius 3 is 2.65 bits per heavy atom. The fourth-order valence-electron chi connectivity index (χ4n) is 1.50. The number of nitrogens with zero attached hydrogens (tertiary/aromatic N) is 2. The summed E-state index contributed by atoms with van der Waals surface area (Å²) in [6, 6.07) is 7.93. The van der Waals surface area contributed by atoms with Gasteiger partial charge in [0.2, 0.25) is 11.7 Å². The van der Waals surface area contributed by atoms with Crippen molar-refractivity contribution in [3.05, 3.63) is 35.7 Å². The highest BCUT2D eigenvalue weighted by Crippen LogP contribution is 2.17. The van der Waals surface area contributed by atoms with E-state index in [0.717, 1.165) is 5.56 Å². The van der Waals surface area contributed by atoms with Crippen LogP contribution >= 0.6 is 0 Å². The Hall–Kier alpha value is -1.68. The van der Waals surface area contributed by atoms with Crippen molar-refractivity contribution in [2.75, 3.05) is 0 Å². The second-order valence-corrected chi connectivity index (χ2v) is 4.14. The smallest absolute Gasteiger partial charge is 0.229 e. The molecule has 0 amide bonds. The maximum atomic E-state index is 9.50. The van der Waals surface area contributed by atoms with E-state index in [-0.39, 0.29) is 0 Å². The van der Waals surface area contributed by atoms with Gasteiger partial charge in [-0.05, 0) is 13.3 Å². The Kier molecular flexibility index (Phi) is 3.54. The minimum Gasteiger partial charge on any atom is -0.393 e. The van der Waals surface area contributed by atoms with Gasteiger partial charge in [0.05, 0.1) is 12.5 Å². The van der Waals surface area contributed by atoms with E-state index >= 15 is 0 Å². The van der Waals surface area contributed by atoms with Crippen molar-refractivity contribution in [2.45, 2.75) is 32.8 Å². The van der Waals surface area contributed by atoms with Gasteiger partial charge in [-0.1, -0.05) is 41.9 Å². The van der Waals surface area contributed by atoms with Crippen molar-refractivity contribution in [1.29, 1.82) is 0 Å². The van der Waals surface area contributed by atoms with Crippen LogP contribution in [0.4, 0.5) is 0 Å². The molecule has 0 radical (unpaired) electrons. The van der Waals surface area contributed by atoms with E-state index in [9.17, 15) is 5.11 Å². The Bertz CT molecular complexity index is 476. The molecular weight excluding hydrogens is 216 g/mol. The molecule has 17 heavy (non-hydrogen) atoms. The summed E-state index contributed by atoms with van der Waals surface area (Å²) in [5, 5.41) is 13.4. The van der Waals surface area contributed by atoms with Gasteiger partial charge in [0.15, 0.2) is 0 Å². The van der Waals surface area contributed by atoms with Crippen LogP contribution in [0.25, 0.3) is 11.4 Å². The number of rotatable bonds is 4. The summed E-state index contributed by atoms with van der Waals surface area (Å²) in [5.74, 6) is 1.05. The first-order valence-electron chi connectivity index (χ1n) is 5.76. The monoisotopic (exact) mass is 232 g/mol. The quantitative estimate of drug-likeness (QED) is 0.879. The molecule has 4 nitrogen and oxygen atoms in total. The number of aliphatic hydroxyl groups is 1. The fraction of sp³-hybridized carbons (Fsp3) is 0.385. The highest BCUT2D eigenvalue weighted by atomic mass is 16.5. The van der Waals surface area contributed by atoms with E-state index in [4.69, 9.17) is 4.52 Å². The van der Waals surface area contributed by atoms with Gasteiger partial charge in [-0.3, -0.25) is 0 Å². The van der Waals surface area contributed by atoms with Crippen LogP contribution in [0.5, 0.6) is 0 Å². The number of hydrogen-bond acceptors (Lipinski definition) is 4. The zero-order valence-corrected chi connectivity index (χ0v) is 10.1. The average molecular weight is 232 g/mol. The number of benzene rings is 1. The van der Waals surface area contributed by atoms with Gasteiger partial charge in [0, 0.05) is 5.56 Å². The summed E-state index contributed by atoms with van der Waals surface area (Å²) >= 11 is 0. The molecule has 4 heteroatoms. The molecule has 0 spiro atoms. The van der Waals surface area contributed by atoms with Crippen LogP contribution in [0.2, 0.25) is 0 Å². The zero-order valence-electron chi connectivity index (χ0n) is 10.1. The van der Waals surface area contributed by atoms with E-state index in [1.54, 1.807) is 0 Å². The summed E-state index contributed by atoms with van der Waals surface area (Å²) in [6.45, 7) is 3.95. The third-order valence-corrected chi connectivity index (χ3v) is 2.66. The summed E-state index contributed by atoms with van der Waals surface area (Å²) in [4.78, 5) is 4.26. The van der Waals surface area contributed by atoms with E-state index in [1.165, 1.54) is 5.56 Å². The molecule has 2 rings (SSSR count). The van der Waals surface area contributed by atoms with Crippen LogP contribution in [-0.4, -0.2) is 21.4 Å². The molecule has 0 aliphatic carbocycles. The molecule has 1 N–H and O–H groups in total. The lowest BCUT2D eigenvalue weighted by molar-refractivity contribution is 0.158. The molecule has 0 saturated heterocycles. The van der Waals surface area contributed by atoms with Crippen LogP contribution < -0.4 is 0 Å². The largest absolute Gasteiger partial charge is 0.393 e. The van der Waals surface area contributed by atoms with E-state index in [0.29, 0.717) is 24.6 Å². The topological polar surface area (TPSA) is 59.2 Å². The first kappa shape index (κ1) is 11.8. The molecule has 1 unspecified atom stereocenters. The lowest BCUT2D eigenvalue weighted by Crippen LogP contribution is -2.08. The van der Waals surface area contributed by atoms with Crippen LogP contribution in [0.15, 0.2) is 28.8 Å². The van der Waals surface area contributed by atoms with Crippen molar-refractivity contribution >= 4 is 0 Å². The summed E-state index contributed by atoms with van der Waals surface area (Å²) in [7, 11) is 0. The van der Waals surface area contributed by atoms with Crippen LogP contribution in [-0.2, 0) is 6.42 Å². The van der Waals surface area contributed by atoms with Crippen molar-refractivity contribution < 1.29 is 9.63 Å². The first-order chi connectivity index (χ1) is 8.19. The minimum atomic E-state index is -0.415. The van der Waals surface area contributed by atoms with Crippen molar-refractivity contribution in [2.24, 2.45) is 0 Å². The van der Waals surface area contributed by atoms with Gasteiger partial charge in [-0.15, -0.1) is 0 Å².